The van der Waals surface area contributed by atoms with Crippen LogP contribution in [0.4, 0.5) is 0 Å². The largest absolute Gasteiger partial charge is 0.386 e. The lowest BCUT2D eigenvalue weighted by Crippen LogP contribution is -2.13. The first kappa shape index (κ1) is 20.9. The van der Waals surface area contributed by atoms with Crippen LogP contribution in [-0.4, -0.2) is 11.9 Å². The van der Waals surface area contributed by atoms with E-state index in [0.29, 0.717) is 11.1 Å². The Morgan fingerprint density at radius 3 is 1.33 bits per heavy atom. The van der Waals surface area contributed by atoms with Crippen LogP contribution in [0.15, 0.2) is 48.5 Å². The lowest BCUT2D eigenvalue weighted by atomic mass is 10.1. The minimum Gasteiger partial charge on any atom is -0.386 e. The molecule has 27 heavy (non-hydrogen) atoms. The predicted octanol–water partition coefficient (Wildman–Crippen LogP) is 6.15. The van der Waals surface area contributed by atoms with Gasteiger partial charge in [-0.2, -0.15) is 0 Å². The summed E-state index contributed by atoms with van der Waals surface area (Å²) < 4.78 is 5.02. The lowest BCUT2D eigenvalue weighted by molar-refractivity contribution is 0.0398. The van der Waals surface area contributed by atoms with Gasteiger partial charge in [-0.1, -0.05) is 63.8 Å². The molecule has 2 rings (SSSR count). The van der Waals surface area contributed by atoms with E-state index in [1.165, 1.54) is 36.8 Å². The molecule has 3 heteroatoms. The number of carbonyl (C=O) groups excluding carboxylic acids is 2. The van der Waals surface area contributed by atoms with E-state index in [1.54, 1.807) is 24.3 Å². The van der Waals surface area contributed by atoms with Crippen LogP contribution in [0.5, 0.6) is 0 Å². The molecule has 0 aromatic heterocycles. The molecule has 3 nitrogen and oxygen atoms in total. The zero-order chi connectivity index (χ0) is 19.5. The number of carbonyl (C=O) groups is 2. The van der Waals surface area contributed by atoms with Crippen LogP contribution in [-0.2, 0) is 17.6 Å². The Morgan fingerprint density at radius 1 is 0.630 bits per heavy atom. The van der Waals surface area contributed by atoms with E-state index in [1.807, 2.05) is 24.3 Å². The second-order valence-corrected chi connectivity index (χ2v) is 6.99. The summed E-state index contributed by atoms with van der Waals surface area (Å²) in [5.74, 6) is -1.21. The normalized spacial score (nSPS) is 10.6. The maximum Gasteiger partial charge on any atom is 0.346 e. The third kappa shape index (κ3) is 7.01. The number of hydrogen-bond acceptors (Lipinski definition) is 3. The SMILES string of the molecule is CCCCCc1ccc(C(=O)OC(=O)c2ccc(CCCCC)cc2)cc1. The van der Waals surface area contributed by atoms with Gasteiger partial charge in [0.15, 0.2) is 0 Å². The molecule has 2 aromatic carbocycles. The molecule has 0 radical (unpaired) electrons. The van der Waals surface area contributed by atoms with Gasteiger partial charge in [0.2, 0.25) is 0 Å². The number of unbranched alkanes of at least 4 members (excludes halogenated alkanes) is 4. The van der Waals surface area contributed by atoms with Crippen LogP contribution in [0.3, 0.4) is 0 Å². The van der Waals surface area contributed by atoms with Crippen LogP contribution in [0.25, 0.3) is 0 Å². The molecule has 0 fully saturated rings. The molecule has 0 unspecified atom stereocenters. The van der Waals surface area contributed by atoms with Gasteiger partial charge in [0.1, 0.15) is 0 Å². The van der Waals surface area contributed by atoms with Gasteiger partial charge in [-0.25, -0.2) is 9.59 Å². The summed E-state index contributed by atoms with van der Waals surface area (Å²) >= 11 is 0. The average Bonchev–Trinajstić information content (AvgIpc) is 2.69. The smallest absolute Gasteiger partial charge is 0.346 e. The van der Waals surface area contributed by atoms with E-state index >= 15 is 0 Å². The lowest BCUT2D eigenvalue weighted by Gasteiger charge is -2.06. The molecule has 0 bridgehead atoms. The number of esters is 2. The Balaban J connectivity index is 1.88. The molecule has 144 valence electrons. The minimum atomic E-state index is -0.605. The molecular weight excluding hydrogens is 336 g/mol. The summed E-state index contributed by atoms with van der Waals surface area (Å²) in [5.41, 5.74) is 3.20. The summed E-state index contributed by atoms with van der Waals surface area (Å²) in [6.07, 6.45) is 9.09. The molecule has 0 amide bonds. The highest BCUT2D eigenvalue weighted by molar-refractivity contribution is 6.02. The molecule has 0 aliphatic heterocycles. The number of benzene rings is 2. The van der Waals surface area contributed by atoms with Gasteiger partial charge >= 0.3 is 11.9 Å². The third-order valence-electron chi connectivity index (χ3n) is 4.70. The van der Waals surface area contributed by atoms with Crippen LogP contribution < -0.4 is 0 Å². The molecule has 0 saturated heterocycles. The number of hydrogen-bond donors (Lipinski definition) is 0. The van der Waals surface area contributed by atoms with Crippen molar-refractivity contribution >= 4 is 11.9 Å². The second kappa shape index (κ2) is 11.3. The van der Waals surface area contributed by atoms with Crippen LogP contribution in [0, 0.1) is 0 Å². The fraction of sp³-hybridized carbons (Fsp3) is 0.417. The van der Waals surface area contributed by atoms with Crippen LogP contribution in [0.1, 0.15) is 84.2 Å². The van der Waals surface area contributed by atoms with Gasteiger partial charge < -0.3 is 4.74 Å². The van der Waals surface area contributed by atoms with Gasteiger partial charge in [-0.3, -0.25) is 0 Å². The fourth-order valence-electron chi connectivity index (χ4n) is 2.98. The molecule has 0 aliphatic carbocycles. The number of rotatable bonds is 10. The van der Waals surface area contributed by atoms with Crippen molar-refractivity contribution in [3.63, 3.8) is 0 Å². The van der Waals surface area contributed by atoms with Crippen molar-refractivity contribution in [3.8, 4) is 0 Å². The Bertz CT molecular complexity index is 651. The zero-order valence-corrected chi connectivity index (χ0v) is 16.5. The Kier molecular flexibility index (Phi) is 8.76. The van der Waals surface area contributed by atoms with E-state index in [9.17, 15) is 9.59 Å². The molecule has 2 aromatic rings. The van der Waals surface area contributed by atoms with Crippen molar-refractivity contribution in [3.05, 3.63) is 70.8 Å². The Hall–Kier alpha value is -2.42. The first-order chi connectivity index (χ1) is 13.1. The summed E-state index contributed by atoms with van der Waals surface area (Å²) in [7, 11) is 0. The highest BCUT2D eigenvalue weighted by Crippen LogP contribution is 2.13. The molecule has 0 spiro atoms. The zero-order valence-electron chi connectivity index (χ0n) is 16.5. The van der Waals surface area contributed by atoms with Gasteiger partial charge in [0, 0.05) is 0 Å². The second-order valence-electron chi connectivity index (χ2n) is 6.99. The van der Waals surface area contributed by atoms with E-state index in [4.69, 9.17) is 4.74 Å². The van der Waals surface area contributed by atoms with Crippen LogP contribution in [0.2, 0.25) is 0 Å². The maximum atomic E-state index is 12.2. The van der Waals surface area contributed by atoms with Gasteiger partial charge in [0.25, 0.3) is 0 Å². The van der Waals surface area contributed by atoms with Crippen molar-refractivity contribution in [2.24, 2.45) is 0 Å². The van der Waals surface area contributed by atoms with E-state index in [2.05, 4.69) is 13.8 Å². The maximum absolute atomic E-state index is 12.2. The Labute approximate surface area is 162 Å². The van der Waals surface area contributed by atoms with Crippen molar-refractivity contribution < 1.29 is 14.3 Å². The highest BCUT2D eigenvalue weighted by atomic mass is 16.6. The van der Waals surface area contributed by atoms with E-state index in [-0.39, 0.29) is 0 Å². The average molecular weight is 367 g/mol. The van der Waals surface area contributed by atoms with E-state index < -0.39 is 11.9 Å². The first-order valence-corrected chi connectivity index (χ1v) is 10.1. The highest BCUT2D eigenvalue weighted by Gasteiger charge is 2.15. The summed E-state index contributed by atoms with van der Waals surface area (Å²) in [4.78, 5) is 24.4. The standard InChI is InChI=1S/C24H30O3/c1-3-5-7-9-19-11-15-21(16-12-19)23(25)27-24(26)22-17-13-20(14-18-22)10-8-6-4-2/h11-18H,3-10H2,1-2H3. The monoisotopic (exact) mass is 366 g/mol. The molecular formula is C24H30O3. The fourth-order valence-corrected chi connectivity index (χ4v) is 2.98. The Morgan fingerprint density at radius 2 is 1.00 bits per heavy atom. The quantitative estimate of drug-likeness (QED) is 0.288. The number of aryl methyl sites for hydroxylation is 2. The van der Waals surface area contributed by atoms with Crippen molar-refractivity contribution in [1.29, 1.82) is 0 Å². The van der Waals surface area contributed by atoms with Gasteiger partial charge in [-0.15, -0.1) is 0 Å². The van der Waals surface area contributed by atoms with Gasteiger partial charge in [-0.05, 0) is 61.1 Å². The van der Waals surface area contributed by atoms with Crippen molar-refractivity contribution in [2.75, 3.05) is 0 Å². The predicted molar refractivity (Wildman–Crippen MR) is 109 cm³/mol. The van der Waals surface area contributed by atoms with Crippen LogP contribution >= 0.6 is 0 Å². The minimum absolute atomic E-state index is 0.402. The molecule has 0 saturated carbocycles. The summed E-state index contributed by atoms with van der Waals surface area (Å²) in [6.45, 7) is 4.35. The summed E-state index contributed by atoms with van der Waals surface area (Å²) in [6, 6.07) is 14.6. The third-order valence-corrected chi connectivity index (χ3v) is 4.70. The van der Waals surface area contributed by atoms with Gasteiger partial charge in [0.05, 0.1) is 11.1 Å². The van der Waals surface area contributed by atoms with Crippen molar-refractivity contribution in [1.82, 2.24) is 0 Å². The van der Waals surface area contributed by atoms with Crippen molar-refractivity contribution in [2.45, 2.75) is 65.2 Å². The molecule has 0 aliphatic rings. The molecule has 0 N–H and O–H groups in total. The molecule has 0 atom stereocenters. The molecule has 0 heterocycles. The van der Waals surface area contributed by atoms with E-state index in [0.717, 1.165) is 25.7 Å². The number of ether oxygens (including phenoxy) is 1. The topological polar surface area (TPSA) is 43.4 Å². The first-order valence-electron chi connectivity index (χ1n) is 10.1. The summed E-state index contributed by atoms with van der Waals surface area (Å²) in [5, 5.41) is 0.